The van der Waals surface area contributed by atoms with Crippen LogP contribution in [0.5, 0.6) is 0 Å². The Labute approximate surface area is 127 Å². The minimum absolute atomic E-state index is 0.218. The van der Waals surface area contributed by atoms with Crippen LogP contribution in [0, 0.1) is 6.92 Å². The lowest BCUT2D eigenvalue weighted by Crippen LogP contribution is -2.28. The fourth-order valence-electron chi connectivity index (χ4n) is 2.07. The molecule has 2 aromatic heterocycles. The van der Waals surface area contributed by atoms with E-state index in [0.29, 0.717) is 6.54 Å². The van der Waals surface area contributed by atoms with Gasteiger partial charge in [0.05, 0.1) is 5.69 Å². The number of carbonyl (C=O) groups excluding carboxylic acids is 1. The number of amides is 1. The summed E-state index contributed by atoms with van der Waals surface area (Å²) in [6.45, 7) is 6.43. The maximum Gasteiger partial charge on any atom is 0.328 e. The molecule has 0 bridgehead atoms. The Bertz CT molecular complexity index is 688. The molecule has 0 saturated carbocycles. The summed E-state index contributed by atoms with van der Waals surface area (Å²) in [6, 6.07) is 0.595. The molecule has 0 saturated heterocycles. The van der Waals surface area contributed by atoms with E-state index in [1.807, 2.05) is 20.0 Å². The molecular weight excluding hydrogens is 286 g/mol. The smallest absolute Gasteiger partial charge is 0.328 e. The molecule has 0 spiro atoms. The Hall–Kier alpha value is -2.64. The number of nitrogens with zero attached hydrogens (tertiary/aromatic N) is 4. The molecule has 1 unspecified atom stereocenters. The Morgan fingerprint density at radius 2 is 2.18 bits per heavy atom. The van der Waals surface area contributed by atoms with Gasteiger partial charge in [-0.15, -0.1) is 0 Å². The van der Waals surface area contributed by atoms with Gasteiger partial charge in [0.25, 0.3) is 5.91 Å². The van der Waals surface area contributed by atoms with Crippen LogP contribution in [0.3, 0.4) is 0 Å². The van der Waals surface area contributed by atoms with Gasteiger partial charge in [-0.05, 0) is 26.8 Å². The third-order valence-corrected chi connectivity index (χ3v) is 3.44. The molecule has 0 aliphatic heterocycles. The fourth-order valence-corrected chi connectivity index (χ4v) is 2.07. The van der Waals surface area contributed by atoms with E-state index >= 15 is 0 Å². The Balaban J connectivity index is 2.08. The number of aromatic nitrogens is 4. The van der Waals surface area contributed by atoms with Gasteiger partial charge in [-0.1, -0.05) is 0 Å². The minimum Gasteiger partial charge on any atom is -0.480 e. The van der Waals surface area contributed by atoms with Crippen molar-refractivity contribution in [2.45, 2.75) is 39.9 Å². The highest BCUT2D eigenvalue weighted by molar-refractivity contribution is 5.93. The fraction of sp³-hybridized carbons (Fsp3) is 0.429. The quantitative estimate of drug-likeness (QED) is 0.828. The summed E-state index contributed by atoms with van der Waals surface area (Å²) in [5.41, 5.74) is 2.00. The maximum atomic E-state index is 12.2. The van der Waals surface area contributed by atoms with Crippen molar-refractivity contribution >= 4 is 11.9 Å². The van der Waals surface area contributed by atoms with Gasteiger partial charge < -0.3 is 10.4 Å². The lowest BCUT2D eigenvalue weighted by molar-refractivity contribution is -0.140. The van der Waals surface area contributed by atoms with Crippen molar-refractivity contribution in [3.05, 3.63) is 35.4 Å². The van der Waals surface area contributed by atoms with Gasteiger partial charge in [0.2, 0.25) is 0 Å². The van der Waals surface area contributed by atoms with Gasteiger partial charge in [0.1, 0.15) is 11.7 Å². The minimum atomic E-state index is -1.04. The van der Waals surface area contributed by atoms with Crippen LogP contribution >= 0.6 is 0 Å². The first-order valence-corrected chi connectivity index (χ1v) is 7.01. The number of hydrogen-bond donors (Lipinski definition) is 2. The van der Waals surface area contributed by atoms with E-state index in [2.05, 4.69) is 15.5 Å². The number of carboxylic acids is 1. The third-order valence-electron chi connectivity index (χ3n) is 3.44. The Morgan fingerprint density at radius 3 is 2.77 bits per heavy atom. The molecule has 8 nitrogen and oxygen atoms in total. The normalized spacial score (nSPS) is 12.1. The van der Waals surface area contributed by atoms with Gasteiger partial charge in [0, 0.05) is 31.0 Å². The number of hydrogen-bond acceptors (Lipinski definition) is 4. The van der Waals surface area contributed by atoms with E-state index in [1.54, 1.807) is 4.68 Å². The van der Waals surface area contributed by atoms with Gasteiger partial charge in [-0.2, -0.15) is 10.2 Å². The average molecular weight is 305 g/mol. The molecular formula is C14H19N5O3. The number of nitrogens with one attached hydrogen (secondary N) is 1. The predicted molar refractivity (Wildman–Crippen MR) is 78.4 cm³/mol. The number of aryl methyl sites for hydroxylation is 2. The van der Waals surface area contributed by atoms with E-state index in [4.69, 9.17) is 5.11 Å². The second-order valence-electron chi connectivity index (χ2n) is 4.95. The summed E-state index contributed by atoms with van der Waals surface area (Å²) in [5, 5.41) is 20.0. The predicted octanol–water partition coefficient (Wildman–Crippen LogP) is 0.984. The highest BCUT2D eigenvalue weighted by Gasteiger charge is 2.21. The molecule has 2 heterocycles. The molecule has 0 fully saturated rings. The Morgan fingerprint density at radius 1 is 1.45 bits per heavy atom. The maximum absolute atomic E-state index is 12.2. The average Bonchev–Trinajstić information content (AvgIpc) is 3.10. The zero-order chi connectivity index (χ0) is 16.3. The van der Waals surface area contributed by atoms with Gasteiger partial charge in [-0.3, -0.25) is 9.48 Å². The summed E-state index contributed by atoms with van der Waals surface area (Å²) in [5.74, 6) is -1.41. The van der Waals surface area contributed by atoms with Crippen LogP contribution in [0.1, 0.15) is 41.6 Å². The van der Waals surface area contributed by atoms with E-state index in [9.17, 15) is 9.59 Å². The molecule has 0 aliphatic carbocycles. The molecule has 2 rings (SSSR count). The molecule has 1 amide bonds. The van der Waals surface area contributed by atoms with Crippen LogP contribution in [0.4, 0.5) is 0 Å². The first-order valence-electron chi connectivity index (χ1n) is 7.01. The van der Waals surface area contributed by atoms with Crippen LogP contribution in [-0.4, -0.2) is 36.5 Å². The van der Waals surface area contributed by atoms with E-state index < -0.39 is 12.0 Å². The van der Waals surface area contributed by atoms with Crippen LogP contribution in [0.2, 0.25) is 0 Å². The van der Waals surface area contributed by atoms with Crippen LogP contribution in [-0.2, 0) is 17.9 Å². The molecule has 2 N–H and O–H groups in total. The van der Waals surface area contributed by atoms with Crippen molar-refractivity contribution in [2.75, 3.05) is 0 Å². The second-order valence-corrected chi connectivity index (χ2v) is 4.95. The van der Waals surface area contributed by atoms with E-state index in [0.717, 1.165) is 17.8 Å². The monoisotopic (exact) mass is 305 g/mol. The summed E-state index contributed by atoms with van der Waals surface area (Å²) in [6.07, 6.45) is 3.29. The van der Waals surface area contributed by atoms with Gasteiger partial charge in [0.15, 0.2) is 0 Å². The van der Waals surface area contributed by atoms with Crippen LogP contribution < -0.4 is 5.32 Å². The molecule has 22 heavy (non-hydrogen) atoms. The highest BCUT2D eigenvalue weighted by Crippen LogP contribution is 2.10. The Kier molecular flexibility index (Phi) is 4.59. The summed E-state index contributed by atoms with van der Waals surface area (Å²) < 4.78 is 2.99. The molecule has 2 aromatic rings. The summed E-state index contributed by atoms with van der Waals surface area (Å²) in [7, 11) is 0. The highest BCUT2D eigenvalue weighted by atomic mass is 16.4. The molecule has 118 valence electrons. The van der Waals surface area contributed by atoms with Crippen LogP contribution in [0.25, 0.3) is 0 Å². The van der Waals surface area contributed by atoms with Gasteiger partial charge >= 0.3 is 5.97 Å². The van der Waals surface area contributed by atoms with Crippen molar-refractivity contribution in [3.63, 3.8) is 0 Å². The van der Waals surface area contributed by atoms with Crippen molar-refractivity contribution < 1.29 is 14.7 Å². The zero-order valence-electron chi connectivity index (χ0n) is 12.8. The number of rotatable bonds is 6. The topological polar surface area (TPSA) is 102 Å². The molecule has 1 atom stereocenters. The molecule has 0 radical (unpaired) electrons. The zero-order valence-corrected chi connectivity index (χ0v) is 12.8. The molecule has 0 aromatic carbocycles. The lowest BCUT2D eigenvalue weighted by Gasteiger charge is -2.11. The molecule has 8 heteroatoms. The van der Waals surface area contributed by atoms with Crippen molar-refractivity contribution in [2.24, 2.45) is 0 Å². The standard InChI is InChI=1S/C14H19N5O3/c1-4-18-8-11(9(2)17-18)7-15-13(20)12-5-6-16-19(12)10(3)14(21)22/h5-6,8,10H,4,7H2,1-3H3,(H,15,20)(H,21,22). The van der Waals surface area contributed by atoms with E-state index in [-0.39, 0.29) is 11.6 Å². The summed E-state index contributed by atoms with van der Waals surface area (Å²) >= 11 is 0. The number of carboxylic acid groups (broad SMARTS) is 1. The second kappa shape index (κ2) is 6.42. The van der Waals surface area contributed by atoms with E-state index in [1.165, 1.54) is 23.9 Å². The SMILES string of the molecule is CCn1cc(CNC(=O)c2ccnn2C(C)C(=O)O)c(C)n1. The van der Waals surface area contributed by atoms with Crippen molar-refractivity contribution in [1.29, 1.82) is 0 Å². The largest absolute Gasteiger partial charge is 0.480 e. The molecule has 0 aliphatic rings. The first kappa shape index (κ1) is 15.7. The van der Waals surface area contributed by atoms with Gasteiger partial charge in [-0.25, -0.2) is 9.48 Å². The first-order chi connectivity index (χ1) is 10.4. The van der Waals surface area contributed by atoms with Crippen molar-refractivity contribution in [1.82, 2.24) is 24.9 Å². The lowest BCUT2D eigenvalue weighted by atomic mass is 10.2. The summed E-state index contributed by atoms with van der Waals surface area (Å²) in [4.78, 5) is 23.3. The number of aliphatic carboxylic acids is 1. The van der Waals surface area contributed by atoms with Crippen molar-refractivity contribution in [3.8, 4) is 0 Å². The van der Waals surface area contributed by atoms with Crippen LogP contribution in [0.15, 0.2) is 18.5 Å². The third kappa shape index (κ3) is 3.16. The number of carbonyl (C=O) groups is 2.